The van der Waals surface area contributed by atoms with Crippen LogP contribution in [-0.4, -0.2) is 116 Å². The van der Waals surface area contributed by atoms with Gasteiger partial charge in [0.1, 0.15) is 0 Å². The molecule has 3 aromatic carbocycles. The summed E-state index contributed by atoms with van der Waals surface area (Å²) < 4.78 is 33.4. The summed E-state index contributed by atoms with van der Waals surface area (Å²) in [5.74, 6) is 0.100. The maximum Gasteiger partial charge on any atom is 0.0984 e. The second-order valence-electron chi connectivity index (χ2n) is 13.7. The number of hydrogen-bond donors (Lipinski definition) is 0. The molecule has 6 heterocycles. The van der Waals surface area contributed by atoms with E-state index < -0.39 is 0 Å². The molecule has 0 aromatic heterocycles. The smallest absolute Gasteiger partial charge is 0.0984 e. The van der Waals surface area contributed by atoms with Gasteiger partial charge in [0.05, 0.1) is 76.3 Å². The number of anilines is 3. The van der Waals surface area contributed by atoms with Crippen molar-refractivity contribution in [3.63, 3.8) is 0 Å². The minimum absolute atomic E-state index is 0.100. The van der Waals surface area contributed by atoms with Crippen LogP contribution in [0.25, 0.3) is 0 Å². The van der Waals surface area contributed by atoms with E-state index in [1.54, 1.807) is 0 Å². The van der Waals surface area contributed by atoms with Gasteiger partial charge in [0.15, 0.2) is 0 Å². The zero-order chi connectivity index (χ0) is 30.5. The molecule has 3 aromatic rings. The first kappa shape index (κ1) is 29.0. The van der Waals surface area contributed by atoms with Gasteiger partial charge in [-0.3, -0.25) is 0 Å². The Morgan fingerprint density at radius 2 is 0.565 bits per heavy atom. The topological polar surface area (TPSA) is 84.9 Å². The van der Waals surface area contributed by atoms with Crippen LogP contribution in [-0.2, 0) is 28.4 Å². The van der Waals surface area contributed by atoms with E-state index in [9.17, 15) is 0 Å². The molecule has 0 saturated carbocycles. The lowest BCUT2D eigenvalue weighted by Gasteiger charge is -2.27. The number of rotatable bonds is 18. The molecule has 0 amide bonds. The largest absolute Gasteiger partial charge is 0.371 e. The molecule has 46 heavy (non-hydrogen) atoms. The van der Waals surface area contributed by atoms with E-state index >= 15 is 0 Å². The predicted octanol–water partition coefficient (Wildman–Crippen LogP) is 3.68. The lowest BCUT2D eigenvalue weighted by molar-refractivity contribution is 0.388. The molecule has 0 aliphatic carbocycles. The van der Waals surface area contributed by atoms with Crippen LogP contribution in [0.1, 0.15) is 22.6 Å². The van der Waals surface area contributed by atoms with Crippen molar-refractivity contribution in [2.45, 2.75) is 42.5 Å². The molecule has 9 nitrogen and oxygen atoms in total. The fourth-order valence-corrected chi connectivity index (χ4v) is 6.58. The lowest BCUT2D eigenvalue weighted by Crippen LogP contribution is -2.31. The minimum atomic E-state index is 0.100. The Bertz CT molecular complexity index is 1240. The van der Waals surface area contributed by atoms with Gasteiger partial charge in [0.2, 0.25) is 0 Å². The Balaban J connectivity index is 1.00. The van der Waals surface area contributed by atoms with Gasteiger partial charge in [-0.25, -0.2) is 0 Å². The highest BCUT2D eigenvalue weighted by molar-refractivity contribution is 5.56. The molecule has 6 fully saturated rings. The number of hydrogen-bond acceptors (Lipinski definition) is 9. The van der Waals surface area contributed by atoms with Crippen molar-refractivity contribution in [1.29, 1.82) is 0 Å². The van der Waals surface area contributed by atoms with Gasteiger partial charge in [-0.05, 0) is 53.1 Å². The molecule has 0 radical (unpaired) electrons. The Morgan fingerprint density at radius 3 is 0.739 bits per heavy atom. The van der Waals surface area contributed by atoms with Crippen molar-refractivity contribution in [3.05, 3.63) is 89.5 Å². The van der Waals surface area contributed by atoms with Gasteiger partial charge < -0.3 is 43.1 Å². The van der Waals surface area contributed by atoms with Crippen molar-refractivity contribution in [2.24, 2.45) is 0 Å². The number of epoxide rings is 6. The normalized spacial score (nSPS) is 28.7. The molecule has 0 spiro atoms. The van der Waals surface area contributed by atoms with E-state index in [0.29, 0.717) is 36.6 Å². The summed E-state index contributed by atoms with van der Waals surface area (Å²) in [6, 6.07) is 27.5. The van der Waals surface area contributed by atoms with Gasteiger partial charge >= 0.3 is 0 Å². The molecule has 242 valence electrons. The van der Waals surface area contributed by atoms with Gasteiger partial charge in [0.25, 0.3) is 0 Å². The number of nitrogens with zero attached hydrogens (tertiary/aromatic N) is 3. The average molecular weight is 626 g/mol. The molecule has 6 aliphatic rings. The van der Waals surface area contributed by atoms with Crippen molar-refractivity contribution in [3.8, 4) is 0 Å². The summed E-state index contributed by atoms with van der Waals surface area (Å²) in [5.41, 5.74) is 7.50. The van der Waals surface area contributed by atoms with E-state index in [2.05, 4.69) is 87.5 Å². The fraction of sp³-hybridized carbons (Fsp3) is 0.514. The second-order valence-corrected chi connectivity index (χ2v) is 13.7. The third-order valence-corrected chi connectivity index (χ3v) is 9.73. The molecule has 9 rings (SSSR count). The van der Waals surface area contributed by atoms with Crippen LogP contribution in [0.2, 0.25) is 0 Å². The van der Waals surface area contributed by atoms with E-state index in [-0.39, 0.29) is 5.92 Å². The Labute approximate surface area is 270 Å². The summed E-state index contributed by atoms with van der Waals surface area (Å²) in [7, 11) is 0. The first-order chi connectivity index (χ1) is 22.7. The standard InChI is InChI=1S/C37H43N3O6/c1-7-28(38(13-31-19-41-31)14-32-20-42-32)8-2-25(1)37(26-3-9-29(10-4-26)39(15-33-21-43-33)16-34-22-44-34)27-5-11-30(12-6-27)40(17-35-23-45-35)18-36-24-46-36/h1-12,31-37H,13-24H2. The molecule has 6 atom stereocenters. The molecule has 6 saturated heterocycles. The maximum absolute atomic E-state index is 5.57. The third-order valence-electron chi connectivity index (χ3n) is 9.73. The fourth-order valence-electron chi connectivity index (χ4n) is 6.58. The van der Waals surface area contributed by atoms with Gasteiger partial charge in [-0.15, -0.1) is 0 Å². The third kappa shape index (κ3) is 7.51. The van der Waals surface area contributed by atoms with Crippen LogP contribution in [0, 0.1) is 0 Å². The summed E-state index contributed by atoms with van der Waals surface area (Å²) in [6.45, 7) is 10.6. The lowest BCUT2D eigenvalue weighted by atomic mass is 9.85. The Kier molecular flexibility index (Phi) is 7.85. The van der Waals surface area contributed by atoms with Crippen molar-refractivity contribution >= 4 is 17.1 Å². The Hall–Kier alpha value is -3.18. The van der Waals surface area contributed by atoms with Crippen LogP contribution in [0.4, 0.5) is 17.1 Å². The highest BCUT2D eigenvalue weighted by Gasteiger charge is 2.33. The maximum atomic E-state index is 5.57. The quantitative estimate of drug-likeness (QED) is 0.155. The van der Waals surface area contributed by atoms with Crippen molar-refractivity contribution < 1.29 is 28.4 Å². The zero-order valence-corrected chi connectivity index (χ0v) is 26.2. The molecule has 6 aliphatic heterocycles. The minimum Gasteiger partial charge on any atom is -0.371 e. The Morgan fingerprint density at radius 1 is 0.370 bits per heavy atom. The van der Waals surface area contributed by atoms with Crippen molar-refractivity contribution in [2.75, 3.05) is 93.6 Å². The van der Waals surface area contributed by atoms with Crippen LogP contribution in [0.3, 0.4) is 0 Å². The van der Waals surface area contributed by atoms with E-state index in [0.717, 1.165) is 78.9 Å². The molecule has 0 bridgehead atoms. The first-order valence-corrected chi connectivity index (χ1v) is 16.9. The molecule has 6 unspecified atom stereocenters. The van der Waals surface area contributed by atoms with E-state index in [4.69, 9.17) is 28.4 Å². The number of benzene rings is 3. The predicted molar refractivity (Wildman–Crippen MR) is 175 cm³/mol. The molecular formula is C37H43N3O6. The van der Waals surface area contributed by atoms with Crippen LogP contribution < -0.4 is 14.7 Å². The summed E-state index contributed by atoms with van der Waals surface area (Å²) in [6.07, 6.45) is 1.99. The molecule has 9 heteroatoms. The first-order valence-electron chi connectivity index (χ1n) is 16.9. The monoisotopic (exact) mass is 625 g/mol. The highest BCUT2D eigenvalue weighted by Crippen LogP contribution is 2.36. The van der Waals surface area contributed by atoms with Crippen LogP contribution >= 0.6 is 0 Å². The van der Waals surface area contributed by atoms with Crippen molar-refractivity contribution in [1.82, 2.24) is 0 Å². The van der Waals surface area contributed by atoms with Crippen LogP contribution in [0.15, 0.2) is 72.8 Å². The SMILES string of the molecule is c1cc(N(CC2CO2)CC2CO2)ccc1C(c1ccc(N(CC2CO2)CC2CO2)cc1)c1ccc(N(CC2CO2)CC2CO2)cc1. The number of ether oxygens (including phenoxy) is 6. The molecule has 0 N–H and O–H groups in total. The average Bonchev–Trinajstić information content (AvgIpc) is 3.87. The van der Waals surface area contributed by atoms with Gasteiger partial charge in [-0.2, -0.15) is 0 Å². The van der Waals surface area contributed by atoms with Gasteiger partial charge in [-0.1, -0.05) is 36.4 Å². The summed E-state index contributed by atoms with van der Waals surface area (Å²) in [4.78, 5) is 7.25. The van der Waals surface area contributed by atoms with Crippen LogP contribution in [0.5, 0.6) is 0 Å². The van der Waals surface area contributed by atoms with Gasteiger partial charge in [0, 0.05) is 62.2 Å². The zero-order valence-electron chi connectivity index (χ0n) is 26.2. The summed E-state index contributed by atoms with van der Waals surface area (Å²) >= 11 is 0. The molecular weight excluding hydrogens is 582 g/mol. The van der Waals surface area contributed by atoms with E-state index in [1.807, 2.05) is 0 Å². The second kappa shape index (κ2) is 12.4. The summed E-state index contributed by atoms with van der Waals surface area (Å²) in [5, 5.41) is 0. The highest BCUT2D eigenvalue weighted by atomic mass is 16.6. The van der Waals surface area contributed by atoms with E-state index in [1.165, 1.54) is 33.8 Å².